The highest BCUT2D eigenvalue weighted by molar-refractivity contribution is 6.30. The first-order valence-corrected chi connectivity index (χ1v) is 10.6. The van der Waals surface area contributed by atoms with Gasteiger partial charge in [0.05, 0.1) is 5.69 Å². The molecule has 1 aliphatic carbocycles. The van der Waals surface area contributed by atoms with Gasteiger partial charge < -0.3 is 15.2 Å². The molecule has 0 aromatic carbocycles. The van der Waals surface area contributed by atoms with E-state index in [0.29, 0.717) is 30.7 Å². The number of anilines is 1. The van der Waals surface area contributed by atoms with E-state index in [1.165, 1.54) is 7.05 Å². The van der Waals surface area contributed by atoms with Crippen molar-refractivity contribution < 1.29 is 9.18 Å². The number of nitrogens with one attached hydrogen (secondary N) is 2. The number of carbonyl (C=O) groups is 1. The molecule has 1 aliphatic heterocycles. The zero-order chi connectivity index (χ0) is 21.3. The van der Waals surface area contributed by atoms with Crippen molar-refractivity contribution in [3.05, 3.63) is 57.0 Å². The molecule has 3 heterocycles. The summed E-state index contributed by atoms with van der Waals surface area (Å²) in [6.45, 7) is 3.09. The SMILES string of the molecule is CNC(=O)c1ccc(N2CCN(C3CCC(c4ccc(Cl)c(=O)[nH]4)C3)CC2)c(F)n1. The molecule has 0 spiro atoms. The number of aromatic amines is 1. The van der Waals surface area contributed by atoms with Gasteiger partial charge in [0, 0.05) is 50.9 Å². The third-order valence-corrected chi connectivity index (χ3v) is 6.49. The molecule has 2 unspecified atom stereocenters. The van der Waals surface area contributed by atoms with Crippen LogP contribution in [-0.2, 0) is 0 Å². The van der Waals surface area contributed by atoms with Crippen molar-refractivity contribution in [2.24, 2.45) is 0 Å². The van der Waals surface area contributed by atoms with Crippen LogP contribution in [0.2, 0.25) is 5.02 Å². The van der Waals surface area contributed by atoms with Crippen molar-refractivity contribution in [1.82, 2.24) is 20.2 Å². The van der Waals surface area contributed by atoms with Gasteiger partial charge in [0.15, 0.2) is 0 Å². The molecule has 2 aromatic heterocycles. The van der Waals surface area contributed by atoms with Gasteiger partial charge in [0.2, 0.25) is 5.95 Å². The van der Waals surface area contributed by atoms with E-state index >= 15 is 0 Å². The maximum Gasteiger partial charge on any atom is 0.269 e. The standard InChI is InChI=1S/C21H25ClFN5O2/c1-24-21(30)17-6-7-18(19(23)25-17)28-10-8-27(9-11-28)14-3-2-13(12-14)16-5-4-15(22)20(29)26-16/h4-7,13-14H,2-3,8-12H2,1H3,(H,24,30)(H,26,29). The summed E-state index contributed by atoms with van der Waals surface area (Å²) in [5.41, 5.74) is 1.24. The Hall–Kier alpha value is -2.45. The van der Waals surface area contributed by atoms with Gasteiger partial charge in [-0.25, -0.2) is 4.98 Å². The van der Waals surface area contributed by atoms with Crippen LogP contribution in [-0.4, -0.2) is 60.0 Å². The quantitative estimate of drug-likeness (QED) is 0.723. The summed E-state index contributed by atoms with van der Waals surface area (Å²) in [5, 5.41) is 2.67. The molecule has 160 valence electrons. The van der Waals surface area contributed by atoms with Crippen molar-refractivity contribution in [1.29, 1.82) is 0 Å². The maximum atomic E-state index is 14.4. The van der Waals surface area contributed by atoms with E-state index in [0.717, 1.165) is 38.0 Å². The number of halogens is 2. The molecule has 1 saturated heterocycles. The average Bonchev–Trinajstić information content (AvgIpc) is 3.25. The van der Waals surface area contributed by atoms with Gasteiger partial charge in [-0.15, -0.1) is 0 Å². The number of rotatable bonds is 4. The first-order valence-electron chi connectivity index (χ1n) is 10.2. The van der Waals surface area contributed by atoms with Gasteiger partial charge in [0.1, 0.15) is 10.7 Å². The highest BCUT2D eigenvalue weighted by atomic mass is 35.5. The van der Waals surface area contributed by atoms with Crippen LogP contribution in [0.25, 0.3) is 0 Å². The number of H-pyrrole nitrogens is 1. The zero-order valence-corrected chi connectivity index (χ0v) is 17.6. The molecule has 2 aliphatic rings. The lowest BCUT2D eigenvalue weighted by molar-refractivity contribution is 0.0957. The van der Waals surface area contributed by atoms with E-state index < -0.39 is 11.9 Å². The number of aromatic nitrogens is 2. The lowest BCUT2D eigenvalue weighted by atomic mass is 10.0. The van der Waals surface area contributed by atoms with E-state index in [1.54, 1.807) is 18.2 Å². The predicted octanol–water partition coefficient (Wildman–Crippen LogP) is 2.38. The van der Waals surface area contributed by atoms with E-state index in [4.69, 9.17) is 11.6 Å². The first-order chi connectivity index (χ1) is 14.5. The fourth-order valence-corrected chi connectivity index (χ4v) is 4.64. The van der Waals surface area contributed by atoms with Gasteiger partial charge >= 0.3 is 0 Å². The zero-order valence-electron chi connectivity index (χ0n) is 16.8. The fourth-order valence-electron chi connectivity index (χ4n) is 4.53. The topological polar surface area (TPSA) is 81.3 Å². The molecule has 2 atom stereocenters. The molecule has 1 saturated carbocycles. The van der Waals surface area contributed by atoms with Crippen LogP contribution < -0.4 is 15.8 Å². The Morgan fingerprint density at radius 2 is 1.97 bits per heavy atom. The molecule has 2 aromatic rings. The van der Waals surface area contributed by atoms with Crippen molar-refractivity contribution in [3.63, 3.8) is 0 Å². The minimum atomic E-state index is -0.614. The van der Waals surface area contributed by atoms with Crippen molar-refractivity contribution in [2.75, 3.05) is 38.1 Å². The molecule has 4 rings (SSSR count). The van der Waals surface area contributed by atoms with E-state index in [9.17, 15) is 14.0 Å². The van der Waals surface area contributed by atoms with Gasteiger partial charge in [-0.1, -0.05) is 11.6 Å². The average molecular weight is 434 g/mol. The molecular weight excluding hydrogens is 409 g/mol. The molecule has 7 nitrogen and oxygen atoms in total. The molecule has 0 bridgehead atoms. The first kappa shape index (κ1) is 20.8. The smallest absolute Gasteiger partial charge is 0.269 e. The summed E-state index contributed by atoms with van der Waals surface area (Å²) < 4.78 is 14.4. The molecule has 30 heavy (non-hydrogen) atoms. The van der Waals surface area contributed by atoms with Gasteiger partial charge in [-0.05, 0) is 43.5 Å². The minimum absolute atomic E-state index is 0.0784. The van der Waals surface area contributed by atoms with Crippen LogP contribution in [0.1, 0.15) is 41.4 Å². The Balaban J connectivity index is 1.35. The second kappa shape index (κ2) is 8.73. The number of hydrogen-bond donors (Lipinski definition) is 2. The van der Waals surface area contributed by atoms with Gasteiger partial charge in [-0.2, -0.15) is 4.39 Å². The van der Waals surface area contributed by atoms with Crippen LogP contribution in [0.3, 0.4) is 0 Å². The van der Waals surface area contributed by atoms with Gasteiger partial charge in [0.25, 0.3) is 11.5 Å². The largest absolute Gasteiger partial charge is 0.365 e. The number of carbonyl (C=O) groups excluding carboxylic acids is 1. The third-order valence-electron chi connectivity index (χ3n) is 6.19. The Kier molecular flexibility index (Phi) is 6.06. The normalized spacial score (nSPS) is 22.3. The van der Waals surface area contributed by atoms with Crippen LogP contribution in [0.15, 0.2) is 29.1 Å². The Morgan fingerprint density at radius 1 is 1.20 bits per heavy atom. The number of pyridine rings is 2. The summed E-state index contributed by atoms with van der Waals surface area (Å²) in [6.07, 6.45) is 3.10. The van der Waals surface area contributed by atoms with E-state index in [2.05, 4.69) is 20.2 Å². The molecule has 2 fully saturated rings. The van der Waals surface area contributed by atoms with Crippen molar-refractivity contribution >= 4 is 23.2 Å². The Labute approximate surface area is 179 Å². The maximum absolute atomic E-state index is 14.4. The summed E-state index contributed by atoms with van der Waals surface area (Å²) in [5.74, 6) is -0.683. The molecular formula is C21H25ClFN5O2. The molecule has 2 N–H and O–H groups in total. The Morgan fingerprint density at radius 3 is 2.63 bits per heavy atom. The monoisotopic (exact) mass is 433 g/mol. The van der Waals surface area contributed by atoms with Crippen LogP contribution in [0.5, 0.6) is 0 Å². The fraction of sp³-hybridized carbons (Fsp3) is 0.476. The number of amides is 1. The molecule has 0 radical (unpaired) electrons. The van der Waals surface area contributed by atoms with Crippen molar-refractivity contribution in [3.8, 4) is 0 Å². The number of hydrogen-bond acceptors (Lipinski definition) is 5. The number of piperazine rings is 1. The second-order valence-corrected chi connectivity index (χ2v) is 8.27. The summed E-state index contributed by atoms with van der Waals surface area (Å²) >= 11 is 5.84. The van der Waals surface area contributed by atoms with Crippen molar-refractivity contribution in [2.45, 2.75) is 31.2 Å². The third kappa shape index (κ3) is 4.20. The minimum Gasteiger partial charge on any atom is -0.365 e. The summed E-state index contributed by atoms with van der Waals surface area (Å²) in [4.78, 5) is 34.5. The van der Waals surface area contributed by atoms with E-state index in [1.807, 2.05) is 11.0 Å². The summed E-state index contributed by atoms with van der Waals surface area (Å²) in [7, 11) is 1.49. The Bertz CT molecular complexity index is 990. The lowest BCUT2D eigenvalue weighted by Gasteiger charge is -2.39. The van der Waals surface area contributed by atoms with Crippen LogP contribution in [0, 0.1) is 5.95 Å². The van der Waals surface area contributed by atoms with E-state index in [-0.39, 0.29) is 16.3 Å². The highest BCUT2D eigenvalue weighted by Gasteiger charge is 2.33. The lowest BCUT2D eigenvalue weighted by Crippen LogP contribution is -2.50. The van der Waals surface area contributed by atoms with Crippen LogP contribution >= 0.6 is 11.6 Å². The predicted molar refractivity (Wildman–Crippen MR) is 114 cm³/mol. The second-order valence-electron chi connectivity index (χ2n) is 7.86. The summed E-state index contributed by atoms with van der Waals surface area (Å²) in [6, 6.07) is 7.21. The number of nitrogens with zero attached hydrogens (tertiary/aromatic N) is 3. The van der Waals surface area contributed by atoms with Gasteiger partial charge in [-0.3, -0.25) is 14.5 Å². The molecule has 1 amide bonds. The highest BCUT2D eigenvalue weighted by Crippen LogP contribution is 2.36. The molecule has 9 heteroatoms. The van der Waals surface area contributed by atoms with Crippen LogP contribution in [0.4, 0.5) is 10.1 Å².